The van der Waals surface area contributed by atoms with Gasteiger partial charge in [0.25, 0.3) is 10.0 Å². The lowest BCUT2D eigenvalue weighted by atomic mass is 9.94. The molecule has 28 heavy (non-hydrogen) atoms. The van der Waals surface area contributed by atoms with E-state index in [1.165, 1.54) is 29.0 Å². The summed E-state index contributed by atoms with van der Waals surface area (Å²) >= 11 is 0. The van der Waals surface area contributed by atoms with Crippen LogP contribution < -0.4 is 5.32 Å². The normalized spacial score (nSPS) is 20.4. The minimum atomic E-state index is -3.73. The second kappa shape index (κ2) is 7.33. The molecule has 1 aliphatic rings. The number of pyridine rings is 1. The van der Waals surface area contributed by atoms with Gasteiger partial charge in [-0.25, -0.2) is 22.8 Å². The van der Waals surface area contributed by atoms with Gasteiger partial charge in [0.05, 0.1) is 6.33 Å². The van der Waals surface area contributed by atoms with Crippen LogP contribution >= 0.6 is 0 Å². The first kappa shape index (κ1) is 18.6. The fourth-order valence-corrected chi connectivity index (χ4v) is 4.91. The van der Waals surface area contributed by atoms with Crippen molar-refractivity contribution in [2.24, 2.45) is 7.05 Å². The first-order valence-electron chi connectivity index (χ1n) is 8.84. The third kappa shape index (κ3) is 3.63. The molecular formula is C19H20FN5O2S. The Morgan fingerprint density at radius 2 is 1.89 bits per heavy atom. The summed E-state index contributed by atoms with van der Waals surface area (Å²) in [4.78, 5) is 8.28. The lowest BCUT2D eigenvalue weighted by Gasteiger charge is -2.20. The monoisotopic (exact) mass is 401 g/mol. The molecule has 0 saturated carbocycles. The van der Waals surface area contributed by atoms with Crippen molar-refractivity contribution in [1.29, 1.82) is 0 Å². The number of anilines is 1. The number of rotatable bonds is 5. The van der Waals surface area contributed by atoms with Crippen molar-refractivity contribution in [3.8, 4) is 0 Å². The first-order valence-corrected chi connectivity index (χ1v) is 10.3. The van der Waals surface area contributed by atoms with Gasteiger partial charge in [-0.15, -0.1) is 0 Å². The summed E-state index contributed by atoms with van der Waals surface area (Å²) in [5, 5.41) is 3.35. The summed E-state index contributed by atoms with van der Waals surface area (Å²) < 4.78 is 42.4. The van der Waals surface area contributed by atoms with Crippen LogP contribution in [0.3, 0.4) is 0 Å². The SMILES string of the molecule is Cn1cnc(S(=O)(=O)N2CC(Nc3ccccn3)C(c3ccc(F)cc3)C2)c1. The van der Waals surface area contributed by atoms with Crippen LogP contribution in [0.25, 0.3) is 0 Å². The van der Waals surface area contributed by atoms with Crippen LogP contribution in [0.5, 0.6) is 0 Å². The molecule has 3 aromatic rings. The van der Waals surface area contributed by atoms with Gasteiger partial charge in [-0.2, -0.15) is 4.31 Å². The van der Waals surface area contributed by atoms with E-state index in [4.69, 9.17) is 0 Å². The highest BCUT2D eigenvalue weighted by atomic mass is 32.2. The van der Waals surface area contributed by atoms with Gasteiger partial charge < -0.3 is 9.88 Å². The summed E-state index contributed by atoms with van der Waals surface area (Å²) in [6.07, 6.45) is 4.62. The van der Waals surface area contributed by atoms with Gasteiger partial charge in [0, 0.05) is 44.5 Å². The van der Waals surface area contributed by atoms with Crippen LogP contribution in [0.2, 0.25) is 0 Å². The zero-order chi connectivity index (χ0) is 19.7. The maximum absolute atomic E-state index is 13.4. The van der Waals surface area contributed by atoms with E-state index in [-0.39, 0.29) is 35.9 Å². The van der Waals surface area contributed by atoms with Crippen LogP contribution in [0.1, 0.15) is 11.5 Å². The van der Waals surface area contributed by atoms with Crippen molar-refractivity contribution >= 4 is 15.8 Å². The van der Waals surface area contributed by atoms with Gasteiger partial charge in [0.2, 0.25) is 0 Å². The highest BCUT2D eigenvalue weighted by Crippen LogP contribution is 2.33. The van der Waals surface area contributed by atoms with E-state index in [2.05, 4.69) is 15.3 Å². The lowest BCUT2D eigenvalue weighted by molar-refractivity contribution is 0.468. The van der Waals surface area contributed by atoms with E-state index in [1.54, 1.807) is 29.9 Å². The number of nitrogens with one attached hydrogen (secondary N) is 1. The quantitative estimate of drug-likeness (QED) is 0.709. The van der Waals surface area contributed by atoms with E-state index in [0.29, 0.717) is 5.82 Å². The molecule has 0 bridgehead atoms. The predicted molar refractivity (Wildman–Crippen MR) is 103 cm³/mol. The Morgan fingerprint density at radius 1 is 1.11 bits per heavy atom. The van der Waals surface area contributed by atoms with E-state index in [9.17, 15) is 12.8 Å². The van der Waals surface area contributed by atoms with Crippen molar-refractivity contribution in [3.63, 3.8) is 0 Å². The molecule has 1 N–H and O–H groups in total. The number of imidazole rings is 1. The van der Waals surface area contributed by atoms with Crippen LogP contribution in [-0.4, -0.2) is 46.4 Å². The number of aryl methyl sites for hydroxylation is 1. The molecule has 0 aliphatic carbocycles. The summed E-state index contributed by atoms with van der Waals surface area (Å²) in [6, 6.07) is 11.5. The molecule has 1 fully saturated rings. The second-order valence-electron chi connectivity index (χ2n) is 6.82. The molecular weight excluding hydrogens is 381 g/mol. The third-order valence-electron chi connectivity index (χ3n) is 4.87. The number of aromatic nitrogens is 3. The minimum absolute atomic E-state index is 0.0198. The fourth-order valence-electron chi connectivity index (χ4n) is 3.45. The maximum atomic E-state index is 13.4. The molecule has 2 aromatic heterocycles. The van der Waals surface area contributed by atoms with Crippen LogP contribution in [-0.2, 0) is 17.1 Å². The van der Waals surface area contributed by atoms with Gasteiger partial charge in [0.15, 0.2) is 5.03 Å². The smallest absolute Gasteiger partial charge is 0.262 e. The van der Waals surface area contributed by atoms with Crippen molar-refractivity contribution in [1.82, 2.24) is 18.8 Å². The topological polar surface area (TPSA) is 80.1 Å². The van der Waals surface area contributed by atoms with Gasteiger partial charge >= 0.3 is 0 Å². The number of hydrogen-bond acceptors (Lipinski definition) is 5. The average Bonchev–Trinajstić information content (AvgIpc) is 3.31. The Labute approximate surface area is 162 Å². The zero-order valence-electron chi connectivity index (χ0n) is 15.2. The van der Waals surface area contributed by atoms with Crippen molar-refractivity contribution < 1.29 is 12.8 Å². The number of sulfonamides is 1. The van der Waals surface area contributed by atoms with Gasteiger partial charge in [-0.3, -0.25) is 0 Å². The molecule has 7 nitrogen and oxygen atoms in total. The van der Waals surface area contributed by atoms with E-state index in [0.717, 1.165) is 5.56 Å². The minimum Gasteiger partial charge on any atom is -0.365 e. The molecule has 4 rings (SSSR count). The molecule has 9 heteroatoms. The Hall–Kier alpha value is -2.78. The highest BCUT2D eigenvalue weighted by molar-refractivity contribution is 7.89. The fraction of sp³-hybridized carbons (Fsp3) is 0.263. The van der Waals surface area contributed by atoms with Crippen molar-refractivity contribution in [2.75, 3.05) is 18.4 Å². The lowest BCUT2D eigenvalue weighted by Crippen LogP contribution is -2.32. The highest BCUT2D eigenvalue weighted by Gasteiger charge is 2.41. The summed E-state index contributed by atoms with van der Waals surface area (Å²) in [5.74, 6) is 0.187. The van der Waals surface area contributed by atoms with Crippen LogP contribution in [0.15, 0.2) is 66.2 Å². The average molecular weight is 401 g/mol. The Kier molecular flexibility index (Phi) is 4.86. The maximum Gasteiger partial charge on any atom is 0.262 e. The predicted octanol–water partition coefficient (Wildman–Crippen LogP) is 2.22. The molecule has 2 unspecified atom stereocenters. The number of halogens is 1. The molecule has 1 aliphatic heterocycles. The van der Waals surface area contributed by atoms with Gasteiger partial charge in [-0.1, -0.05) is 18.2 Å². The van der Waals surface area contributed by atoms with Crippen molar-refractivity contribution in [2.45, 2.75) is 17.0 Å². The molecule has 0 spiro atoms. The largest absolute Gasteiger partial charge is 0.365 e. The van der Waals surface area contributed by atoms with Crippen LogP contribution in [0.4, 0.5) is 10.2 Å². The van der Waals surface area contributed by atoms with E-state index in [1.807, 2.05) is 18.2 Å². The summed E-state index contributed by atoms with van der Waals surface area (Å²) in [5.41, 5.74) is 0.869. The third-order valence-corrected chi connectivity index (χ3v) is 6.59. The zero-order valence-corrected chi connectivity index (χ0v) is 16.1. The summed E-state index contributed by atoms with van der Waals surface area (Å²) in [7, 11) is -2.00. The van der Waals surface area contributed by atoms with E-state index >= 15 is 0 Å². The molecule has 3 heterocycles. The van der Waals surface area contributed by atoms with Crippen molar-refractivity contribution in [3.05, 3.63) is 72.6 Å². The Balaban J connectivity index is 1.65. The Morgan fingerprint density at radius 3 is 2.54 bits per heavy atom. The first-order chi connectivity index (χ1) is 13.4. The molecule has 2 atom stereocenters. The molecule has 1 aromatic carbocycles. The Bertz CT molecular complexity index is 1050. The molecule has 1 saturated heterocycles. The molecule has 146 valence electrons. The number of hydrogen-bond donors (Lipinski definition) is 1. The molecule has 0 radical (unpaired) electrons. The molecule has 0 amide bonds. The van der Waals surface area contributed by atoms with Crippen LogP contribution in [0, 0.1) is 5.82 Å². The standard InChI is InChI=1S/C19H20FN5O2S/c1-24-12-19(22-13-24)28(26,27)25-10-16(14-5-7-15(20)8-6-14)17(11-25)23-18-4-2-3-9-21-18/h2-9,12-13,16-17H,10-11H2,1H3,(H,21,23). The summed E-state index contributed by atoms with van der Waals surface area (Å²) in [6.45, 7) is 0.534. The number of benzene rings is 1. The number of nitrogens with zero attached hydrogens (tertiary/aromatic N) is 4. The second-order valence-corrected chi connectivity index (χ2v) is 8.71. The van der Waals surface area contributed by atoms with E-state index < -0.39 is 10.0 Å². The van der Waals surface area contributed by atoms with Gasteiger partial charge in [-0.05, 0) is 29.8 Å². The van der Waals surface area contributed by atoms with Gasteiger partial charge in [0.1, 0.15) is 11.6 Å².